The van der Waals surface area contributed by atoms with Crippen molar-refractivity contribution >= 4 is 6.34 Å². The number of rotatable bonds is 2. The van der Waals surface area contributed by atoms with Crippen molar-refractivity contribution in [2.45, 2.75) is 13.2 Å². The number of halogens is 3. The van der Waals surface area contributed by atoms with Crippen molar-refractivity contribution in [2.75, 3.05) is 6.61 Å². The van der Waals surface area contributed by atoms with E-state index in [2.05, 4.69) is 9.73 Å². The van der Waals surface area contributed by atoms with E-state index in [9.17, 15) is 13.3 Å². The molecule has 0 bridgehead atoms. The molecule has 0 aromatic rings. The topological polar surface area (TPSA) is 24.8 Å². The first-order chi connectivity index (χ1) is 5.66. The lowest BCUT2D eigenvalue weighted by atomic mass is 10.4. The van der Waals surface area contributed by atoms with E-state index in [-0.39, 0.29) is 11.7 Å². The van der Waals surface area contributed by atoms with Crippen LogP contribution in [0.4, 0.5) is 13.3 Å². The minimum Gasteiger partial charge on any atom is -0.350 e. The van der Waals surface area contributed by atoms with Crippen LogP contribution in [-0.2, 0) is 4.74 Å². The lowest BCUT2D eigenvalue weighted by molar-refractivity contribution is -0.0914. The number of hydrogen-bond acceptors (Lipinski definition) is 3. The fourth-order valence-corrected chi connectivity index (χ4v) is 0.695. The number of aliphatic imine (C=N–C) groups is 1. The van der Waals surface area contributed by atoms with Gasteiger partial charge in [0.15, 0.2) is 0 Å². The SMILES string of the molecule is CCOC1C(F)=C(F)N=[C]N1F. The molecule has 0 spiro atoms. The van der Waals surface area contributed by atoms with Gasteiger partial charge >= 0.3 is 0 Å². The third kappa shape index (κ3) is 1.58. The van der Waals surface area contributed by atoms with Gasteiger partial charge in [-0.3, -0.25) is 0 Å². The predicted octanol–water partition coefficient (Wildman–Crippen LogP) is 1.56. The molecule has 6 heteroatoms. The fourth-order valence-electron chi connectivity index (χ4n) is 0.695. The van der Waals surface area contributed by atoms with Crippen molar-refractivity contribution in [1.29, 1.82) is 0 Å². The van der Waals surface area contributed by atoms with Gasteiger partial charge in [-0.2, -0.15) is 14.5 Å². The van der Waals surface area contributed by atoms with Gasteiger partial charge < -0.3 is 4.74 Å². The summed E-state index contributed by atoms with van der Waals surface area (Å²) in [5, 5.41) is -0.262. The molecule has 0 aromatic heterocycles. The van der Waals surface area contributed by atoms with Crippen LogP contribution in [0.3, 0.4) is 0 Å². The van der Waals surface area contributed by atoms with E-state index in [1.807, 2.05) is 0 Å². The van der Waals surface area contributed by atoms with E-state index in [1.165, 1.54) is 6.92 Å². The lowest BCUT2D eigenvalue weighted by Crippen LogP contribution is -2.33. The third-order valence-electron chi connectivity index (χ3n) is 1.19. The highest BCUT2D eigenvalue weighted by atomic mass is 19.2. The molecule has 1 radical (unpaired) electrons. The predicted molar refractivity (Wildman–Crippen MR) is 35.0 cm³/mol. The van der Waals surface area contributed by atoms with Crippen LogP contribution in [0.5, 0.6) is 0 Å². The molecule has 3 nitrogen and oxygen atoms in total. The monoisotopic (exact) mass is 179 g/mol. The second-order valence-electron chi connectivity index (χ2n) is 1.97. The summed E-state index contributed by atoms with van der Waals surface area (Å²) in [5.41, 5.74) is 0. The molecule has 0 aromatic carbocycles. The third-order valence-corrected chi connectivity index (χ3v) is 1.19. The smallest absolute Gasteiger partial charge is 0.251 e. The summed E-state index contributed by atoms with van der Waals surface area (Å²) in [5.74, 6) is -2.78. The molecule has 1 aliphatic rings. The summed E-state index contributed by atoms with van der Waals surface area (Å²) >= 11 is 0. The van der Waals surface area contributed by atoms with Crippen LogP contribution < -0.4 is 0 Å². The first kappa shape index (κ1) is 9.05. The lowest BCUT2D eigenvalue weighted by Gasteiger charge is -2.20. The molecule has 0 fully saturated rings. The Morgan fingerprint density at radius 2 is 2.33 bits per heavy atom. The van der Waals surface area contributed by atoms with E-state index in [0.717, 1.165) is 0 Å². The number of nitrogens with zero attached hydrogens (tertiary/aromatic N) is 2. The molecule has 0 N–H and O–H groups in total. The molecule has 1 heterocycles. The van der Waals surface area contributed by atoms with Gasteiger partial charge in [0.25, 0.3) is 5.95 Å². The van der Waals surface area contributed by atoms with E-state index < -0.39 is 18.0 Å². The Balaban J connectivity index is 2.77. The summed E-state index contributed by atoms with van der Waals surface area (Å²) in [7, 11) is 0. The fraction of sp³-hybridized carbons (Fsp3) is 0.500. The van der Waals surface area contributed by atoms with Crippen molar-refractivity contribution in [2.24, 2.45) is 4.99 Å². The van der Waals surface area contributed by atoms with Crippen molar-refractivity contribution in [3.63, 3.8) is 0 Å². The van der Waals surface area contributed by atoms with Gasteiger partial charge in [0.1, 0.15) is 0 Å². The van der Waals surface area contributed by atoms with Gasteiger partial charge in [0, 0.05) is 6.61 Å². The van der Waals surface area contributed by atoms with Crippen LogP contribution in [0.1, 0.15) is 6.92 Å². The number of ether oxygens (including phenoxy) is 1. The van der Waals surface area contributed by atoms with Gasteiger partial charge in [-0.15, -0.1) is 0 Å². The molecule has 1 atom stereocenters. The zero-order chi connectivity index (χ0) is 9.14. The van der Waals surface area contributed by atoms with Gasteiger partial charge in [0.05, 0.1) is 0 Å². The van der Waals surface area contributed by atoms with Crippen LogP contribution in [0.25, 0.3) is 0 Å². The van der Waals surface area contributed by atoms with Gasteiger partial charge in [-0.25, -0.2) is 4.39 Å². The molecular formula is C6H6F3N2O. The molecule has 0 amide bonds. The van der Waals surface area contributed by atoms with Crippen LogP contribution in [-0.4, -0.2) is 24.3 Å². The molecule has 0 aliphatic carbocycles. The second-order valence-corrected chi connectivity index (χ2v) is 1.97. The zero-order valence-corrected chi connectivity index (χ0v) is 6.22. The Kier molecular flexibility index (Phi) is 2.69. The van der Waals surface area contributed by atoms with Crippen LogP contribution in [0.15, 0.2) is 16.8 Å². The normalized spacial score (nSPS) is 23.7. The Bertz CT molecular complexity index is 229. The average molecular weight is 179 g/mol. The number of hydrogen-bond donors (Lipinski definition) is 0. The molecule has 67 valence electrons. The maximum atomic E-state index is 12.6. The van der Waals surface area contributed by atoms with Crippen LogP contribution >= 0.6 is 0 Å². The average Bonchev–Trinajstić information content (AvgIpc) is 2.06. The Labute approximate surface area is 67.1 Å². The molecule has 1 unspecified atom stereocenters. The molecule has 1 rings (SSSR count). The van der Waals surface area contributed by atoms with E-state index in [1.54, 1.807) is 6.34 Å². The van der Waals surface area contributed by atoms with Crippen molar-refractivity contribution in [3.05, 3.63) is 11.8 Å². The Morgan fingerprint density at radius 1 is 1.67 bits per heavy atom. The molecule has 12 heavy (non-hydrogen) atoms. The summed E-state index contributed by atoms with van der Waals surface area (Å²) < 4.78 is 42.0. The first-order valence-electron chi connectivity index (χ1n) is 3.25. The summed E-state index contributed by atoms with van der Waals surface area (Å²) in [6.45, 7) is 1.60. The minimum atomic E-state index is -1.69. The second kappa shape index (κ2) is 3.57. The first-order valence-corrected chi connectivity index (χ1v) is 3.25. The van der Waals surface area contributed by atoms with Crippen molar-refractivity contribution < 1.29 is 18.0 Å². The maximum Gasteiger partial charge on any atom is 0.251 e. The molecule has 0 saturated heterocycles. The highest BCUT2D eigenvalue weighted by Crippen LogP contribution is 2.22. The largest absolute Gasteiger partial charge is 0.350 e. The van der Waals surface area contributed by atoms with Gasteiger partial charge in [-0.1, -0.05) is 4.48 Å². The highest BCUT2D eigenvalue weighted by Gasteiger charge is 2.29. The summed E-state index contributed by atoms with van der Waals surface area (Å²) in [6, 6.07) is 0. The van der Waals surface area contributed by atoms with E-state index >= 15 is 0 Å². The molecule has 0 saturated carbocycles. The highest BCUT2D eigenvalue weighted by molar-refractivity contribution is 5.57. The summed E-state index contributed by atoms with van der Waals surface area (Å²) in [6.07, 6.45) is -0.0967. The van der Waals surface area contributed by atoms with E-state index in [4.69, 9.17) is 0 Å². The van der Waals surface area contributed by atoms with Crippen molar-refractivity contribution in [3.8, 4) is 0 Å². The maximum absolute atomic E-state index is 12.6. The molecular weight excluding hydrogens is 173 g/mol. The van der Waals surface area contributed by atoms with Crippen LogP contribution in [0.2, 0.25) is 0 Å². The Morgan fingerprint density at radius 3 is 2.92 bits per heavy atom. The zero-order valence-electron chi connectivity index (χ0n) is 6.22. The minimum absolute atomic E-state index is 0.0630. The van der Waals surface area contributed by atoms with Crippen LogP contribution in [0, 0.1) is 0 Å². The summed E-state index contributed by atoms with van der Waals surface area (Å²) in [4.78, 5) is 2.68. The van der Waals surface area contributed by atoms with Crippen molar-refractivity contribution in [1.82, 2.24) is 5.12 Å². The van der Waals surface area contributed by atoms with Gasteiger partial charge in [0.2, 0.25) is 18.4 Å². The standard InChI is InChI=1S/C6H6F3N2O/c1-2-12-6-4(7)5(8)10-3-11(6)9/h6H,2H2,1H3. The quantitative estimate of drug-likeness (QED) is 0.474. The van der Waals surface area contributed by atoms with Gasteiger partial charge in [-0.05, 0) is 6.92 Å². The van der Waals surface area contributed by atoms with E-state index in [0.29, 0.717) is 0 Å². The molecule has 1 aliphatic heterocycles. The Hall–Kier alpha value is -1.04.